The van der Waals surface area contributed by atoms with Gasteiger partial charge in [-0.3, -0.25) is 4.79 Å². The number of nitrogens with zero attached hydrogens (tertiary/aromatic N) is 1. The third-order valence-electron chi connectivity index (χ3n) is 4.21. The van der Waals surface area contributed by atoms with Crippen LogP contribution in [0.4, 0.5) is 0 Å². The van der Waals surface area contributed by atoms with Crippen LogP contribution in [0, 0.1) is 5.92 Å². The van der Waals surface area contributed by atoms with Crippen LogP contribution in [0.15, 0.2) is 29.2 Å². The van der Waals surface area contributed by atoms with Crippen LogP contribution in [0.1, 0.15) is 44.0 Å². The van der Waals surface area contributed by atoms with Crippen molar-refractivity contribution in [2.75, 3.05) is 6.54 Å². The molecule has 2 atom stereocenters. The molecule has 0 bridgehead atoms. The third kappa shape index (κ3) is 4.58. The Balaban J connectivity index is 2.21. The molecular weight excluding hydrogens is 344 g/mol. The lowest BCUT2D eigenvalue weighted by Crippen LogP contribution is -2.49. The van der Waals surface area contributed by atoms with Gasteiger partial charge in [0.25, 0.3) is 5.91 Å². The third-order valence-corrected chi connectivity index (χ3v) is 5.89. The molecule has 0 aromatic heterocycles. The van der Waals surface area contributed by atoms with Gasteiger partial charge in [-0.1, -0.05) is 6.92 Å². The fourth-order valence-corrected chi connectivity index (χ4v) is 4.19. The molecule has 2 rings (SSSR count). The fourth-order valence-electron chi connectivity index (χ4n) is 2.94. The Morgan fingerprint density at radius 2 is 1.84 bits per heavy atom. The van der Waals surface area contributed by atoms with Gasteiger partial charge in [0.15, 0.2) is 0 Å². The predicted octanol–water partition coefficient (Wildman–Crippen LogP) is 1.70. The molecular formula is C17H24N2O5S. The fraction of sp³-hybridized carbons (Fsp3) is 0.529. The zero-order valence-electron chi connectivity index (χ0n) is 14.6. The zero-order valence-corrected chi connectivity index (χ0v) is 15.4. The lowest BCUT2D eigenvalue weighted by molar-refractivity contribution is -0.144. The highest BCUT2D eigenvalue weighted by Gasteiger charge is 2.35. The summed E-state index contributed by atoms with van der Waals surface area (Å²) in [7, 11) is -3.63. The van der Waals surface area contributed by atoms with Gasteiger partial charge in [-0.05, 0) is 56.9 Å². The summed E-state index contributed by atoms with van der Waals surface area (Å²) in [6.07, 6.45) is 1.17. The van der Waals surface area contributed by atoms with E-state index in [9.17, 15) is 23.1 Å². The van der Waals surface area contributed by atoms with Gasteiger partial charge in [0.2, 0.25) is 10.0 Å². The maximum atomic E-state index is 12.7. The van der Waals surface area contributed by atoms with Crippen LogP contribution in [0.2, 0.25) is 0 Å². The summed E-state index contributed by atoms with van der Waals surface area (Å²) in [6, 6.07) is 4.49. The SMILES string of the molecule is CC1CCN(C(=O)c2ccc(S(=O)(=O)NC(C)C)cc2)C(C(=O)O)C1. The molecule has 0 aliphatic carbocycles. The number of carboxylic acids is 1. The van der Waals surface area contributed by atoms with E-state index in [1.165, 1.54) is 29.2 Å². The highest BCUT2D eigenvalue weighted by atomic mass is 32.2. The molecule has 1 saturated heterocycles. The number of carboxylic acid groups (broad SMARTS) is 1. The molecule has 0 spiro atoms. The topological polar surface area (TPSA) is 104 Å². The number of nitrogens with one attached hydrogen (secondary N) is 1. The van der Waals surface area contributed by atoms with Gasteiger partial charge in [-0.25, -0.2) is 17.9 Å². The second kappa shape index (κ2) is 7.53. The number of hydrogen-bond acceptors (Lipinski definition) is 4. The summed E-state index contributed by atoms with van der Waals surface area (Å²) in [5, 5.41) is 9.38. The Hall–Kier alpha value is -1.93. The minimum Gasteiger partial charge on any atom is -0.480 e. The minimum atomic E-state index is -3.63. The first kappa shape index (κ1) is 19.4. The Labute approximate surface area is 148 Å². The van der Waals surface area contributed by atoms with Crippen LogP contribution >= 0.6 is 0 Å². The molecule has 25 heavy (non-hydrogen) atoms. The molecule has 0 radical (unpaired) electrons. The van der Waals surface area contributed by atoms with Gasteiger partial charge in [-0.15, -0.1) is 0 Å². The van der Waals surface area contributed by atoms with E-state index in [0.29, 0.717) is 13.0 Å². The molecule has 1 aromatic carbocycles. The lowest BCUT2D eigenvalue weighted by atomic mass is 9.92. The van der Waals surface area contributed by atoms with Gasteiger partial charge in [0.1, 0.15) is 6.04 Å². The van der Waals surface area contributed by atoms with Gasteiger partial charge in [0, 0.05) is 18.2 Å². The zero-order chi connectivity index (χ0) is 18.8. The maximum Gasteiger partial charge on any atom is 0.326 e. The highest BCUT2D eigenvalue weighted by Crippen LogP contribution is 2.25. The van der Waals surface area contributed by atoms with E-state index in [1.54, 1.807) is 13.8 Å². The Kier molecular flexibility index (Phi) is 5.84. The smallest absolute Gasteiger partial charge is 0.326 e. The number of benzene rings is 1. The largest absolute Gasteiger partial charge is 0.480 e. The van der Waals surface area contributed by atoms with E-state index < -0.39 is 22.0 Å². The van der Waals surface area contributed by atoms with Crippen molar-refractivity contribution in [1.82, 2.24) is 9.62 Å². The summed E-state index contributed by atoms with van der Waals surface area (Å²) in [5.41, 5.74) is 0.282. The molecule has 8 heteroatoms. The van der Waals surface area contributed by atoms with E-state index in [2.05, 4.69) is 4.72 Å². The maximum absolute atomic E-state index is 12.7. The predicted molar refractivity (Wildman–Crippen MR) is 92.8 cm³/mol. The van der Waals surface area contributed by atoms with E-state index in [0.717, 1.165) is 6.42 Å². The summed E-state index contributed by atoms with van der Waals surface area (Å²) < 4.78 is 26.7. The van der Waals surface area contributed by atoms with Crippen molar-refractivity contribution in [2.24, 2.45) is 5.92 Å². The van der Waals surface area contributed by atoms with Crippen molar-refractivity contribution in [1.29, 1.82) is 0 Å². The van der Waals surface area contributed by atoms with Crippen LogP contribution in [0.3, 0.4) is 0 Å². The molecule has 1 aliphatic heterocycles. The number of hydrogen-bond donors (Lipinski definition) is 2. The first-order valence-corrected chi connectivity index (χ1v) is 9.76. The summed E-state index contributed by atoms with van der Waals surface area (Å²) in [5.74, 6) is -1.15. The van der Waals surface area contributed by atoms with Crippen LogP contribution in [0.5, 0.6) is 0 Å². The number of aliphatic carboxylic acids is 1. The first-order valence-electron chi connectivity index (χ1n) is 8.28. The van der Waals surface area contributed by atoms with Gasteiger partial charge in [-0.2, -0.15) is 0 Å². The average molecular weight is 368 g/mol. The molecule has 1 fully saturated rings. The van der Waals surface area contributed by atoms with Gasteiger partial charge >= 0.3 is 5.97 Å². The van der Waals surface area contributed by atoms with Gasteiger partial charge in [0.05, 0.1) is 4.90 Å². The summed E-state index contributed by atoms with van der Waals surface area (Å²) in [4.78, 5) is 25.5. The van der Waals surface area contributed by atoms with Crippen molar-refractivity contribution in [3.8, 4) is 0 Å². The molecule has 1 heterocycles. The first-order chi connectivity index (χ1) is 11.6. The quantitative estimate of drug-likeness (QED) is 0.823. The normalized spacial score (nSPS) is 21.4. The van der Waals surface area contributed by atoms with E-state index in [-0.39, 0.29) is 28.3 Å². The Morgan fingerprint density at radius 3 is 2.36 bits per heavy atom. The number of carbonyl (C=O) groups excluding carboxylic acids is 1. The van der Waals surface area contributed by atoms with E-state index in [1.807, 2.05) is 6.92 Å². The van der Waals surface area contributed by atoms with Crippen molar-refractivity contribution in [3.63, 3.8) is 0 Å². The van der Waals surface area contributed by atoms with Crippen LogP contribution in [-0.2, 0) is 14.8 Å². The number of amides is 1. The van der Waals surface area contributed by atoms with Gasteiger partial charge < -0.3 is 10.0 Å². The average Bonchev–Trinajstić information content (AvgIpc) is 2.53. The standard InChI is InChI=1S/C17H24N2O5S/c1-11(2)18-25(23,24)14-6-4-13(5-7-14)16(20)19-9-8-12(3)10-15(19)17(21)22/h4-7,11-12,15,18H,8-10H2,1-3H3,(H,21,22). The molecule has 1 aromatic rings. The van der Waals surface area contributed by atoms with Crippen molar-refractivity contribution in [3.05, 3.63) is 29.8 Å². The Bertz CT molecular complexity index is 743. The van der Waals surface area contributed by atoms with Crippen molar-refractivity contribution in [2.45, 2.75) is 50.6 Å². The van der Waals surface area contributed by atoms with Crippen LogP contribution in [0.25, 0.3) is 0 Å². The Morgan fingerprint density at radius 1 is 1.24 bits per heavy atom. The van der Waals surface area contributed by atoms with Crippen LogP contribution < -0.4 is 4.72 Å². The molecule has 1 aliphatic rings. The molecule has 2 unspecified atom stereocenters. The molecule has 0 saturated carbocycles. The monoisotopic (exact) mass is 368 g/mol. The van der Waals surface area contributed by atoms with E-state index in [4.69, 9.17) is 0 Å². The number of carbonyl (C=O) groups is 2. The molecule has 2 N–H and O–H groups in total. The molecule has 7 nitrogen and oxygen atoms in total. The summed E-state index contributed by atoms with van der Waals surface area (Å²) in [6.45, 7) is 5.79. The highest BCUT2D eigenvalue weighted by molar-refractivity contribution is 7.89. The number of sulfonamides is 1. The molecule has 1 amide bonds. The molecule has 138 valence electrons. The second-order valence-electron chi connectivity index (χ2n) is 6.78. The number of rotatable bonds is 5. The second-order valence-corrected chi connectivity index (χ2v) is 8.50. The lowest BCUT2D eigenvalue weighted by Gasteiger charge is -2.36. The minimum absolute atomic E-state index is 0.0693. The number of likely N-dealkylation sites (tertiary alicyclic amines) is 1. The van der Waals surface area contributed by atoms with E-state index >= 15 is 0 Å². The van der Waals surface area contributed by atoms with Crippen molar-refractivity contribution >= 4 is 21.9 Å². The van der Waals surface area contributed by atoms with Crippen molar-refractivity contribution < 1.29 is 23.1 Å². The summed E-state index contributed by atoms with van der Waals surface area (Å²) >= 11 is 0. The number of piperidine rings is 1. The van der Waals surface area contributed by atoms with Crippen LogP contribution in [-0.4, -0.2) is 48.9 Å².